The fraction of sp³-hybridized carbons (Fsp3) is 0.481. The molecule has 1 atom stereocenters. The van der Waals surface area contributed by atoms with Gasteiger partial charge in [-0.25, -0.2) is 0 Å². The Bertz CT molecular complexity index is 867. The zero-order valence-corrected chi connectivity index (χ0v) is 20.6. The number of benzene rings is 2. The molecule has 0 spiro atoms. The molecule has 2 aromatic carbocycles. The van der Waals surface area contributed by atoms with E-state index in [1.807, 2.05) is 49.4 Å². The molecule has 0 aromatic heterocycles. The van der Waals surface area contributed by atoms with Crippen molar-refractivity contribution in [1.29, 1.82) is 0 Å². The fourth-order valence-corrected chi connectivity index (χ4v) is 5.18. The molecule has 2 amide bonds. The van der Waals surface area contributed by atoms with Crippen molar-refractivity contribution >= 4 is 23.6 Å². The van der Waals surface area contributed by atoms with E-state index in [0.717, 1.165) is 42.7 Å². The number of hydrogen-bond donors (Lipinski definition) is 1. The van der Waals surface area contributed by atoms with Crippen molar-refractivity contribution in [1.82, 2.24) is 10.2 Å². The van der Waals surface area contributed by atoms with Crippen molar-refractivity contribution in [3.63, 3.8) is 0 Å². The van der Waals surface area contributed by atoms with Crippen molar-refractivity contribution in [2.75, 3.05) is 12.9 Å². The minimum absolute atomic E-state index is 0.00241. The molecule has 1 N–H and O–H groups in total. The molecule has 6 heteroatoms. The fourth-order valence-electron chi connectivity index (χ4n) is 4.30. The van der Waals surface area contributed by atoms with Gasteiger partial charge < -0.3 is 15.0 Å². The number of nitrogens with zero attached hydrogens (tertiary/aromatic N) is 1. The molecule has 2 aromatic rings. The maximum atomic E-state index is 13.4. The van der Waals surface area contributed by atoms with E-state index in [-0.39, 0.29) is 17.9 Å². The monoisotopic (exact) mass is 468 g/mol. The number of hydrogen-bond acceptors (Lipinski definition) is 4. The lowest BCUT2D eigenvalue weighted by Crippen LogP contribution is -2.52. The minimum Gasteiger partial charge on any atom is -0.497 e. The third-order valence-electron chi connectivity index (χ3n) is 6.19. The molecule has 0 radical (unpaired) electrons. The van der Waals surface area contributed by atoms with Crippen LogP contribution in [0.5, 0.6) is 5.75 Å². The lowest BCUT2D eigenvalue weighted by atomic mass is 9.95. The molecule has 178 valence electrons. The Morgan fingerprint density at radius 3 is 2.36 bits per heavy atom. The normalized spacial score (nSPS) is 15.0. The Balaban J connectivity index is 1.70. The van der Waals surface area contributed by atoms with Gasteiger partial charge in [0.05, 0.1) is 12.9 Å². The summed E-state index contributed by atoms with van der Waals surface area (Å²) in [5.41, 5.74) is 2.18. The van der Waals surface area contributed by atoms with Gasteiger partial charge in [-0.3, -0.25) is 9.59 Å². The lowest BCUT2D eigenvalue weighted by molar-refractivity contribution is -0.139. The summed E-state index contributed by atoms with van der Waals surface area (Å²) in [6, 6.07) is 17.6. The van der Waals surface area contributed by atoms with Crippen LogP contribution in [0.4, 0.5) is 0 Å². The van der Waals surface area contributed by atoms with Crippen molar-refractivity contribution in [3.05, 3.63) is 65.7 Å². The van der Waals surface area contributed by atoms with Crippen molar-refractivity contribution < 1.29 is 14.3 Å². The average Bonchev–Trinajstić information content (AvgIpc) is 2.85. The summed E-state index contributed by atoms with van der Waals surface area (Å²) in [6.45, 7) is 2.39. The molecule has 33 heavy (non-hydrogen) atoms. The number of nitrogens with one attached hydrogen (secondary N) is 1. The van der Waals surface area contributed by atoms with Crippen LogP contribution < -0.4 is 10.1 Å². The van der Waals surface area contributed by atoms with Crippen LogP contribution in [0, 0.1) is 0 Å². The van der Waals surface area contributed by atoms with Crippen LogP contribution in [0.1, 0.15) is 56.6 Å². The SMILES string of the molecule is CCC(C(=O)NC1CCCCC1)N(Cc1ccc(OC)cc1)C(=O)CSCc1ccccc1. The zero-order chi connectivity index (χ0) is 23.5. The van der Waals surface area contributed by atoms with Gasteiger partial charge in [0.15, 0.2) is 0 Å². The predicted octanol–water partition coefficient (Wildman–Crippen LogP) is 5.18. The van der Waals surface area contributed by atoms with E-state index >= 15 is 0 Å². The summed E-state index contributed by atoms with van der Waals surface area (Å²) in [7, 11) is 1.64. The summed E-state index contributed by atoms with van der Waals surface area (Å²) < 4.78 is 5.26. The number of amides is 2. The van der Waals surface area contributed by atoms with E-state index in [9.17, 15) is 9.59 Å². The molecule has 1 saturated carbocycles. The molecule has 1 aliphatic carbocycles. The van der Waals surface area contributed by atoms with Gasteiger partial charge in [-0.05, 0) is 42.5 Å². The first-order chi connectivity index (χ1) is 16.1. The van der Waals surface area contributed by atoms with Gasteiger partial charge in [-0.1, -0.05) is 68.7 Å². The second kappa shape index (κ2) is 13.3. The summed E-state index contributed by atoms with van der Waals surface area (Å²) >= 11 is 1.59. The first-order valence-corrected chi connectivity index (χ1v) is 13.1. The topological polar surface area (TPSA) is 58.6 Å². The molecular formula is C27H36N2O3S. The van der Waals surface area contributed by atoms with Gasteiger partial charge >= 0.3 is 0 Å². The number of thioether (sulfide) groups is 1. The first kappa shape index (κ1) is 25.2. The van der Waals surface area contributed by atoms with Crippen molar-refractivity contribution in [2.45, 2.75) is 69.8 Å². The molecule has 0 bridgehead atoms. The van der Waals surface area contributed by atoms with Crippen LogP contribution >= 0.6 is 11.8 Å². The minimum atomic E-state index is -0.473. The van der Waals surface area contributed by atoms with Gasteiger partial charge in [0, 0.05) is 18.3 Å². The van der Waals surface area contributed by atoms with Crippen LogP contribution in [0.25, 0.3) is 0 Å². The largest absolute Gasteiger partial charge is 0.497 e. The number of methoxy groups -OCH3 is 1. The van der Waals surface area contributed by atoms with Gasteiger partial charge in [0.1, 0.15) is 11.8 Å². The Hall–Kier alpha value is -2.47. The Morgan fingerprint density at radius 2 is 1.73 bits per heavy atom. The third-order valence-corrected chi connectivity index (χ3v) is 7.18. The number of ether oxygens (including phenoxy) is 1. The predicted molar refractivity (Wildman–Crippen MR) is 135 cm³/mol. The number of rotatable bonds is 11. The molecule has 0 saturated heterocycles. The van der Waals surface area contributed by atoms with Crippen LogP contribution in [0.2, 0.25) is 0 Å². The maximum Gasteiger partial charge on any atom is 0.243 e. The molecule has 1 aliphatic rings. The van der Waals surface area contributed by atoms with Crippen LogP contribution in [-0.2, 0) is 21.9 Å². The van der Waals surface area contributed by atoms with Crippen LogP contribution in [0.15, 0.2) is 54.6 Å². The third kappa shape index (κ3) is 7.81. The molecule has 0 aliphatic heterocycles. The van der Waals surface area contributed by atoms with Gasteiger partial charge in [0.2, 0.25) is 11.8 Å². The molecule has 1 fully saturated rings. The standard InChI is InChI=1S/C27H36N2O3S/c1-3-25(27(31)28-23-12-8-5-9-13-23)29(18-21-14-16-24(32-2)17-15-21)26(30)20-33-19-22-10-6-4-7-11-22/h4,6-7,10-11,14-17,23,25H,3,5,8-9,12-13,18-20H2,1-2H3,(H,28,31). The van der Waals surface area contributed by atoms with Crippen molar-refractivity contribution in [2.24, 2.45) is 0 Å². The van der Waals surface area contributed by atoms with Gasteiger partial charge in [0.25, 0.3) is 0 Å². The van der Waals surface area contributed by atoms with E-state index < -0.39 is 6.04 Å². The second-order valence-electron chi connectivity index (χ2n) is 8.62. The highest BCUT2D eigenvalue weighted by atomic mass is 32.2. The first-order valence-electron chi connectivity index (χ1n) is 11.9. The molecule has 0 heterocycles. The molecular weight excluding hydrogens is 432 g/mol. The van der Waals surface area contributed by atoms with E-state index in [2.05, 4.69) is 17.4 Å². The average molecular weight is 469 g/mol. The zero-order valence-electron chi connectivity index (χ0n) is 19.8. The highest BCUT2D eigenvalue weighted by Crippen LogP contribution is 2.21. The molecule has 3 rings (SSSR count). The smallest absolute Gasteiger partial charge is 0.243 e. The van der Waals surface area contributed by atoms with E-state index in [4.69, 9.17) is 4.74 Å². The second-order valence-corrected chi connectivity index (χ2v) is 9.60. The Kier molecular flexibility index (Phi) is 10.1. The van der Waals surface area contributed by atoms with Crippen LogP contribution in [0.3, 0.4) is 0 Å². The van der Waals surface area contributed by atoms with Crippen LogP contribution in [-0.4, -0.2) is 41.7 Å². The quantitative estimate of drug-likeness (QED) is 0.493. The van der Waals surface area contributed by atoms with E-state index in [1.54, 1.807) is 23.8 Å². The summed E-state index contributed by atoms with van der Waals surface area (Å²) in [4.78, 5) is 28.4. The molecule has 1 unspecified atom stereocenters. The molecule has 5 nitrogen and oxygen atoms in total. The van der Waals surface area contributed by atoms with Crippen molar-refractivity contribution in [3.8, 4) is 5.75 Å². The summed E-state index contributed by atoms with van der Waals surface area (Å²) in [5, 5.41) is 3.23. The van der Waals surface area contributed by atoms with E-state index in [0.29, 0.717) is 18.7 Å². The van der Waals surface area contributed by atoms with Gasteiger partial charge in [-0.2, -0.15) is 0 Å². The van der Waals surface area contributed by atoms with E-state index in [1.165, 1.54) is 12.0 Å². The highest BCUT2D eigenvalue weighted by molar-refractivity contribution is 7.99. The summed E-state index contributed by atoms with van der Waals surface area (Å²) in [6.07, 6.45) is 6.20. The Labute approximate surface area is 202 Å². The number of carbonyl (C=O) groups excluding carboxylic acids is 2. The Morgan fingerprint density at radius 1 is 1.03 bits per heavy atom. The number of carbonyl (C=O) groups is 2. The van der Waals surface area contributed by atoms with Gasteiger partial charge in [-0.15, -0.1) is 11.8 Å². The highest BCUT2D eigenvalue weighted by Gasteiger charge is 2.30. The lowest BCUT2D eigenvalue weighted by Gasteiger charge is -2.32. The summed E-state index contributed by atoms with van der Waals surface area (Å²) in [5.74, 6) is 1.86. The maximum absolute atomic E-state index is 13.4.